The zero-order valence-corrected chi connectivity index (χ0v) is 11.5. The monoisotopic (exact) mass is 286 g/mol. The van der Waals surface area contributed by atoms with E-state index in [2.05, 4.69) is 0 Å². The highest BCUT2D eigenvalue weighted by Crippen LogP contribution is 2.52. The van der Waals surface area contributed by atoms with Gasteiger partial charge in [0.15, 0.2) is 23.0 Å². The van der Waals surface area contributed by atoms with E-state index in [4.69, 9.17) is 23.7 Å². The molecule has 0 amide bonds. The Morgan fingerprint density at radius 1 is 0.905 bits per heavy atom. The highest BCUT2D eigenvalue weighted by atomic mass is 16.7. The van der Waals surface area contributed by atoms with E-state index >= 15 is 0 Å². The fraction of sp³-hybridized carbons (Fsp3) is 0.250. The molecule has 21 heavy (non-hydrogen) atoms. The molecule has 2 aliphatic heterocycles. The number of fused-ring (bicyclic) bond motifs is 2. The summed E-state index contributed by atoms with van der Waals surface area (Å²) in [5.41, 5.74) is 1.73. The lowest BCUT2D eigenvalue weighted by molar-refractivity contribution is 0.172. The second-order valence-electron chi connectivity index (χ2n) is 4.64. The van der Waals surface area contributed by atoms with Crippen LogP contribution in [0.4, 0.5) is 0 Å². The SMILES string of the molecule is CCOc1ccc2c(c1-c1cccc3c1OCO3)OCO2. The summed E-state index contributed by atoms with van der Waals surface area (Å²) in [6.45, 7) is 2.95. The van der Waals surface area contributed by atoms with Crippen LogP contribution in [0.1, 0.15) is 6.92 Å². The molecule has 0 spiro atoms. The Morgan fingerprint density at radius 2 is 1.67 bits per heavy atom. The summed E-state index contributed by atoms with van der Waals surface area (Å²) >= 11 is 0. The fourth-order valence-corrected chi connectivity index (χ4v) is 2.61. The molecule has 2 aromatic carbocycles. The van der Waals surface area contributed by atoms with Crippen molar-refractivity contribution in [2.45, 2.75) is 6.92 Å². The summed E-state index contributed by atoms with van der Waals surface area (Å²) in [5.74, 6) is 3.58. The molecule has 0 radical (unpaired) electrons. The molecule has 5 heteroatoms. The molecule has 0 bridgehead atoms. The first kappa shape index (κ1) is 12.2. The number of ether oxygens (including phenoxy) is 5. The van der Waals surface area contributed by atoms with Gasteiger partial charge in [-0.25, -0.2) is 0 Å². The molecule has 2 heterocycles. The van der Waals surface area contributed by atoms with Gasteiger partial charge in [-0.1, -0.05) is 12.1 Å². The van der Waals surface area contributed by atoms with Crippen LogP contribution in [-0.4, -0.2) is 20.2 Å². The van der Waals surface area contributed by atoms with Crippen LogP contribution in [-0.2, 0) is 0 Å². The molecular weight excluding hydrogens is 272 g/mol. The molecule has 0 saturated carbocycles. The summed E-state index contributed by atoms with van der Waals surface area (Å²) in [4.78, 5) is 0. The molecule has 0 atom stereocenters. The van der Waals surface area contributed by atoms with Gasteiger partial charge in [-0.2, -0.15) is 0 Å². The standard InChI is InChI=1S/C16H14O5/c1-2-17-11-6-7-13-16(21-9-19-13)14(11)10-4-3-5-12-15(10)20-8-18-12/h3-7H,2,8-9H2,1H3. The van der Waals surface area contributed by atoms with Crippen molar-refractivity contribution < 1.29 is 23.7 Å². The van der Waals surface area contributed by atoms with Crippen molar-refractivity contribution in [3.05, 3.63) is 30.3 Å². The molecular formula is C16H14O5. The van der Waals surface area contributed by atoms with E-state index in [1.807, 2.05) is 37.3 Å². The van der Waals surface area contributed by atoms with Crippen LogP contribution in [0.3, 0.4) is 0 Å². The number of para-hydroxylation sites is 1. The van der Waals surface area contributed by atoms with Crippen molar-refractivity contribution in [1.29, 1.82) is 0 Å². The smallest absolute Gasteiger partial charge is 0.231 e. The predicted octanol–water partition coefficient (Wildman–Crippen LogP) is 3.21. The number of benzene rings is 2. The largest absolute Gasteiger partial charge is 0.493 e. The van der Waals surface area contributed by atoms with E-state index in [1.165, 1.54) is 0 Å². The van der Waals surface area contributed by atoms with Gasteiger partial charge in [0.1, 0.15) is 5.75 Å². The van der Waals surface area contributed by atoms with E-state index in [0.29, 0.717) is 23.9 Å². The average Bonchev–Trinajstić information content (AvgIpc) is 3.15. The van der Waals surface area contributed by atoms with Crippen LogP contribution >= 0.6 is 0 Å². The van der Waals surface area contributed by atoms with E-state index in [0.717, 1.165) is 22.6 Å². The van der Waals surface area contributed by atoms with Gasteiger partial charge in [-0.05, 0) is 25.1 Å². The van der Waals surface area contributed by atoms with Crippen LogP contribution < -0.4 is 23.7 Å². The summed E-state index contributed by atoms with van der Waals surface area (Å²) in [5, 5.41) is 0. The highest BCUT2D eigenvalue weighted by molar-refractivity contribution is 5.85. The van der Waals surface area contributed by atoms with E-state index in [9.17, 15) is 0 Å². The Hall–Kier alpha value is -2.56. The molecule has 0 unspecified atom stereocenters. The van der Waals surface area contributed by atoms with Crippen LogP contribution in [0.15, 0.2) is 30.3 Å². The Kier molecular flexibility index (Phi) is 2.77. The summed E-state index contributed by atoms with van der Waals surface area (Å²) in [6.07, 6.45) is 0. The summed E-state index contributed by atoms with van der Waals surface area (Å²) < 4.78 is 27.9. The number of rotatable bonds is 3. The molecule has 5 nitrogen and oxygen atoms in total. The first-order valence-electron chi connectivity index (χ1n) is 6.83. The minimum atomic E-state index is 0.213. The molecule has 0 N–H and O–H groups in total. The Bertz CT molecular complexity index is 695. The Labute approximate surface area is 122 Å². The number of hydrogen-bond acceptors (Lipinski definition) is 5. The quantitative estimate of drug-likeness (QED) is 0.867. The van der Waals surface area contributed by atoms with Gasteiger partial charge < -0.3 is 23.7 Å². The molecule has 0 aromatic heterocycles. The van der Waals surface area contributed by atoms with E-state index in [-0.39, 0.29) is 13.6 Å². The van der Waals surface area contributed by atoms with Crippen LogP contribution in [0.5, 0.6) is 28.7 Å². The normalized spacial score (nSPS) is 14.3. The average molecular weight is 286 g/mol. The minimum absolute atomic E-state index is 0.213. The maximum Gasteiger partial charge on any atom is 0.231 e. The van der Waals surface area contributed by atoms with Gasteiger partial charge in [0.2, 0.25) is 13.6 Å². The summed E-state index contributed by atoms with van der Waals surface area (Å²) in [7, 11) is 0. The van der Waals surface area contributed by atoms with Crippen molar-refractivity contribution in [2.75, 3.05) is 20.2 Å². The third-order valence-electron chi connectivity index (χ3n) is 3.47. The zero-order valence-electron chi connectivity index (χ0n) is 11.5. The maximum atomic E-state index is 5.74. The van der Waals surface area contributed by atoms with Gasteiger partial charge in [0, 0.05) is 5.56 Å². The molecule has 2 aromatic rings. The highest BCUT2D eigenvalue weighted by Gasteiger charge is 2.28. The molecule has 0 aliphatic carbocycles. The molecule has 2 aliphatic rings. The second-order valence-corrected chi connectivity index (χ2v) is 4.64. The van der Waals surface area contributed by atoms with Gasteiger partial charge in [-0.3, -0.25) is 0 Å². The number of hydrogen-bond donors (Lipinski definition) is 0. The van der Waals surface area contributed by atoms with Crippen LogP contribution in [0.2, 0.25) is 0 Å². The van der Waals surface area contributed by atoms with Crippen molar-refractivity contribution >= 4 is 0 Å². The van der Waals surface area contributed by atoms with Crippen molar-refractivity contribution in [1.82, 2.24) is 0 Å². The second kappa shape index (κ2) is 4.77. The lowest BCUT2D eigenvalue weighted by Gasteiger charge is -2.14. The maximum absolute atomic E-state index is 5.74. The van der Waals surface area contributed by atoms with Crippen LogP contribution in [0.25, 0.3) is 11.1 Å². The van der Waals surface area contributed by atoms with Crippen LogP contribution in [0, 0.1) is 0 Å². The van der Waals surface area contributed by atoms with Crippen molar-refractivity contribution in [3.8, 4) is 39.9 Å². The molecule has 4 rings (SSSR count). The lowest BCUT2D eigenvalue weighted by atomic mass is 10.0. The Morgan fingerprint density at radius 3 is 2.48 bits per heavy atom. The molecule has 108 valence electrons. The molecule has 0 fully saturated rings. The van der Waals surface area contributed by atoms with E-state index < -0.39 is 0 Å². The van der Waals surface area contributed by atoms with Crippen molar-refractivity contribution in [3.63, 3.8) is 0 Å². The van der Waals surface area contributed by atoms with Gasteiger partial charge >= 0.3 is 0 Å². The first-order valence-corrected chi connectivity index (χ1v) is 6.83. The predicted molar refractivity (Wildman–Crippen MR) is 75.3 cm³/mol. The first-order chi connectivity index (χ1) is 10.4. The van der Waals surface area contributed by atoms with E-state index in [1.54, 1.807) is 0 Å². The zero-order chi connectivity index (χ0) is 14.2. The van der Waals surface area contributed by atoms with Crippen molar-refractivity contribution in [2.24, 2.45) is 0 Å². The van der Waals surface area contributed by atoms with Gasteiger partial charge in [-0.15, -0.1) is 0 Å². The minimum Gasteiger partial charge on any atom is -0.493 e. The summed E-state index contributed by atoms with van der Waals surface area (Å²) in [6, 6.07) is 9.52. The third-order valence-corrected chi connectivity index (χ3v) is 3.47. The van der Waals surface area contributed by atoms with Gasteiger partial charge in [0.25, 0.3) is 0 Å². The molecule has 0 saturated heterocycles. The topological polar surface area (TPSA) is 46.2 Å². The Balaban J connectivity index is 1.96. The fourth-order valence-electron chi connectivity index (χ4n) is 2.61. The third kappa shape index (κ3) is 1.85. The lowest BCUT2D eigenvalue weighted by Crippen LogP contribution is -1.97. The van der Waals surface area contributed by atoms with Gasteiger partial charge in [0.05, 0.1) is 12.2 Å².